The van der Waals surface area contributed by atoms with Gasteiger partial charge in [-0.05, 0) is 43.2 Å². The third kappa shape index (κ3) is 2.58. The summed E-state index contributed by atoms with van der Waals surface area (Å²) in [6, 6.07) is 12.7. The third-order valence-corrected chi connectivity index (χ3v) is 7.81. The Bertz CT molecular complexity index is 1180. The highest BCUT2D eigenvalue weighted by molar-refractivity contribution is 8.01. The highest BCUT2D eigenvalue weighted by Gasteiger charge is 2.42. The number of nitrogens with zero attached hydrogens (tertiary/aromatic N) is 2. The normalized spacial score (nSPS) is 17.5. The van der Waals surface area contributed by atoms with E-state index in [0.29, 0.717) is 4.75 Å². The Morgan fingerprint density at radius 2 is 2.00 bits per heavy atom. The van der Waals surface area contributed by atoms with E-state index in [2.05, 4.69) is 45.6 Å². The fraction of sp³-hybridized carbons (Fsp3) is 0.238. The minimum Gasteiger partial charge on any atom is -0.491 e. The molecule has 4 nitrogen and oxygen atoms in total. The third-order valence-electron chi connectivity index (χ3n) is 5.50. The van der Waals surface area contributed by atoms with Crippen LogP contribution >= 0.6 is 23.1 Å². The van der Waals surface area contributed by atoms with Crippen LogP contribution in [0.4, 0.5) is 11.4 Å². The van der Waals surface area contributed by atoms with Gasteiger partial charge in [0, 0.05) is 29.0 Å². The maximum Gasteiger partial charge on any atom is 0.135 e. The number of nitrogens with one attached hydrogen (secondary N) is 1. The number of pyridine rings is 1. The van der Waals surface area contributed by atoms with Gasteiger partial charge >= 0.3 is 0 Å². The van der Waals surface area contributed by atoms with Crippen molar-refractivity contribution in [2.75, 3.05) is 11.9 Å². The summed E-state index contributed by atoms with van der Waals surface area (Å²) in [6.45, 7) is 0.821. The standard InChI is InChI=1S/C21H17N3OS2/c1-5-21(6-1)11-25-18-10-16-14(9-20(18)27-21)15(4-7-22-16)24-13-2-3-19-17(8-13)23-12-26-19/h2-4,7-10,12H,1,5-6,11H2,(H,22,24). The Hall–Kier alpha value is -2.31. The Labute approximate surface area is 165 Å². The number of aromatic nitrogens is 2. The monoisotopic (exact) mass is 391 g/mol. The van der Waals surface area contributed by atoms with Crippen molar-refractivity contribution >= 4 is 55.6 Å². The topological polar surface area (TPSA) is 47.0 Å². The van der Waals surface area contributed by atoms with Crippen LogP contribution in [-0.4, -0.2) is 21.3 Å². The molecule has 134 valence electrons. The molecule has 2 aromatic heterocycles. The second-order valence-corrected chi connectivity index (χ2v) is 9.66. The number of thioether (sulfide) groups is 1. The molecule has 1 fully saturated rings. The van der Waals surface area contributed by atoms with Crippen molar-refractivity contribution in [1.82, 2.24) is 9.97 Å². The summed E-state index contributed by atoms with van der Waals surface area (Å²) in [4.78, 5) is 10.2. The Balaban J connectivity index is 1.42. The molecule has 1 aliphatic heterocycles. The molecule has 3 heterocycles. The molecule has 6 heteroatoms. The minimum absolute atomic E-state index is 0.298. The van der Waals surface area contributed by atoms with Crippen LogP contribution in [0.1, 0.15) is 19.3 Å². The minimum atomic E-state index is 0.298. The second kappa shape index (κ2) is 5.84. The lowest BCUT2D eigenvalue weighted by Crippen LogP contribution is -2.41. The number of rotatable bonds is 2. The summed E-state index contributed by atoms with van der Waals surface area (Å²) in [5.74, 6) is 0.971. The first-order chi connectivity index (χ1) is 13.3. The zero-order chi connectivity index (χ0) is 17.8. The van der Waals surface area contributed by atoms with Crippen molar-refractivity contribution in [2.24, 2.45) is 0 Å². The number of anilines is 2. The van der Waals surface area contributed by atoms with Gasteiger partial charge in [-0.2, -0.15) is 0 Å². The maximum absolute atomic E-state index is 6.10. The molecule has 0 amide bonds. The highest BCUT2D eigenvalue weighted by atomic mass is 32.2. The molecule has 4 aromatic rings. The number of ether oxygens (including phenoxy) is 1. The average molecular weight is 392 g/mol. The van der Waals surface area contributed by atoms with Gasteiger partial charge in [-0.1, -0.05) is 6.42 Å². The van der Waals surface area contributed by atoms with Crippen molar-refractivity contribution in [3.8, 4) is 5.75 Å². The van der Waals surface area contributed by atoms with E-state index in [0.717, 1.165) is 40.2 Å². The van der Waals surface area contributed by atoms with Gasteiger partial charge in [-0.15, -0.1) is 23.1 Å². The summed E-state index contributed by atoms with van der Waals surface area (Å²) in [7, 11) is 0. The molecule has 1 spiro atoms. The number of benzene rings is 2. The quantitative estimate of drug-likeness (QED) is 0.454. The number of thiazole rings is 1. The molecular weight excluding hydrogens is 374 g/mol. The second-order valence-electron chi connectivity index (χ2n) is 7.26. The Kier molecular flexibility index (Phi) is 3.40. The molecule has 0 radical (unpaired) electrons. The first-order valence-corrected chi connectivity index (χ1v) is 10.8. The van der Waals surface area contributed by atoms with E-state index in [-0.39, 0.29) is 0 Å². The van der Waals surface area contributed by atoms with Crippen LogP contribution < -0.4 is 10.1 Å². The predicted molar refractivity (Wildman–Crippen MR) is 113 cm³/mol. The van der Waals surface area contributed by atoms with Gasteiger partial charge in [-0.3, -0.25) is 4.98 Å². The van der Waals surface area contributed by atoms with E-state index in [1.54, 1.807) is 11.3 Å². The molecule has 1 N–H and O–H groups in total. The summed E-state index contributed by atoms with van der Waals surface area (Å²) >= 11 is 3.65. The summed E-state index contributed by atoms with van der Waals surface area (Å²) < 4.78 is 7.60. The van der Waals surface area contributed by atoms with Crippen LogP contribution in [0.2, 0.25) is 0 Å². The predicted octanol–water partition coefficient (Wildman–Crippen LogP) is 6.00. The maximum atomic E-state index is 6.10. The Morgan fingerprint density at radius 3 is 2.89 bits per heavy atom. The lowest BCUT2D eigenvalue weighted by atomic mass is 9.85. The van der Waals surface area contributed by atoms with Crippen LogP contribution in [0, 0.1) is 0 Å². The molecule has 1 saturated carbocycles. The van der Waals surface area contributed by atoms with Crippen molar-refractivity contribution in [3.05, 3.63) is 48.1 Å². The van der Waals surface area contributed by atoms with Crippen LogP contribution in [0.15, 0.2) is 53.0 Å². The van der Waals surface area contributed by atoms with Crippen LogP contribution in [0.3, 0.4) is 0 Å². The van der Waals surface area contributed by atoms with Crippen molar-refractivity contribution < 1.29 is 4.74 Å². The lowest BCUT2D eigenvalue weighted by molar-refractivity contribution is 0.198. The van der Waals surface area contributed by atoms with E-state index in [1.165, 1.54) is 28.9 Å². The van der Waals surface area contributed by atoms with Gasteiger partial charge in [0.25, 0.3) is 0 Å². The lowest BCUT2D eigenvalue weighted by Gasteiger charge is -2.43. The molecule has 6 rings (SSSR count). The molecule has 0 bridgehead atoms. The largest absolute Gasteiger partial charge is 0.491 e. The van der Waals surface area contributed by atoms with Gasteiger partial charge in [0.15, 0.2) is 0 Å². The zero-order valence-electron chi connectivity index (χ0n) is 14.6. The van der Waals surface area contributed by atoms with Crippen molar-refractivity contribution in [2.45, 2.75) is 28.9 Å². The summed E-state index contributed by atoms with van der Waals surface area (Å²) in [6.07, 6.45) is 5.66. The number of hydrogen-bond donors (Lipinski definition) is 1. The molecule has 1 aliphatic carbocycles. The first-order valence-electron chi connectivity index (χ1n) is 9.13. The summed E-state index contributed by atoms with van der Waals surface area (Å²) in [5.41, 5.74) is 5.97. The van der Waals surface area contributed by atoms with Crippen LogP contribution in [0.5, 0.6) is 5.75 Å². The average Bonchev–Trinajstić information content (AvgIpc) is 3.13. The highest BCUT2D eigenvalue weighted by Crippen LogP contribution is 2.54. The van der Waals surface area contributed by atoms with E-state index >= 15 is 0 Å². The van der Waals surface area contributed by atoms with E-state index in [4.69, 9.17) is 4.74 Å². The molecule has 2 aliphatic rings. The van der Waals surface area contributed by atoms with Gasteiger partial charge in [0.1, 0.15) is 12.4 Å². The first kappa shape index (κ1) is 15.7. The molecule has 0 saturated heterocycles. The van der Waals surface area contributed by atoms with Gasteiger partial charge in [0.05, 0.1) is 30.9 Å². The van der Waals surface area contributed by atoms with E-state index in [9.17, 15) is 0 Å². The molecule has 27 heavy (non-hydrogen) atoms. The molecule has 0 atom stereocenters. The Morgan fingerprint density at radius 1 is 1.04 bits per heavy atom. The summed E-state index contributed by atoms with van der Waals surface area (Å²) in [5, 5.41) is 4.69. The van der Waals surface area contributed by atoms with Gasteiger partial charge in [0.2, 0.25) is 0 Å². The van der Waals surface area contributed by atoms with Crippen LogP contribution in [-0.2, 0) is 0 Å². The fourth-order valence-corrected chi connectivity index (χ4v) is 5.97. The molecule has 2 aromatic carbocycles. The smallest absolute Gasteiger partial charge is 0.135 e. The van der Waals surface area contributed by atoms with Crippen LogP contribution in [0.25, 0.3) is 21.1 Å². The van der Waals surface area contributed by atoms with Crippen molar-refractivity contribution in [1.29, 1.82) is 0 Å². The van der Waals surface area contributed by atoms with Crippen molar-refractivity contribution in [3.63, 3.8) is 0 Å². The van der Waals surface area contributed by atoms with Gasteiger partial charge in [-0.25, -0.2) is 4.98 Å². The van der Waals surface area contributed by atoms with E-state index < -0.39 is 0 Å². The molecule has 0 unspecified atom stereocenters. The van der Waals surface area contributed by atoms with Gasteiger partial charge < -0.3 is 10.1 Å². The fourth-order valence-electron chi connectivity index (χ4n) is 3.84. The number of fused-ring (bicyclic) bond motifs is 3. The van der Waals surface area contributed by atoms with E-state index in [1.807, 2.05) is 29.5 Å². The zero-order valence-corrected chi connectivity index (χ0v) is 16.2. The molecular formula is C21H17N3OS2. The SMILES string of the molecule is c1cc(Nc2ccc3scnc3c2)c2cc3c(cc2n1)OCC1(CCC1)S3. The number of hydrogen-bond acceptors (Lipinski definition) is 6.